The zero-order valence-electron chi connectivity index (χ0n) is 13.8. The van der Waals surface area contributed by atoms with Gasteiger partial charge in [0.2, 0.25) is 10.0 Å². The highest BCUT2D eigenvalue weighted by Gasteiger charge is 2.23. The largest absolute Gasteiger partial charge is 0.493 e. The smallest absolute Gasteiger partial charge is 0.261 e. The van der Waals surface area contributed by atoms with Gasteiger partial charge in [0.05, 0.1) is 31.4 Å². The lowest BCUT2D eigenvalue weighted by Crippen LogP contribution is -2.33. The molecule has 0 bridgehead atoms. The van der Waals surface area contributed by atoms with E-state index in [4.69, 9.17) is 9.47 Å². The maximum absolute atomic E-state index is 12.8. The van der Waals surface area contributed by atoms with Crippen molar-refractivity contribution in [2.75, 3.05) is 33.6 Å². The molecule has 130 valence electrons. The van der Waals surface area contributed by atoms with Crippen LogP contribution in [0, 0.1) is 0 Å². The number of aromatic nitrogens is 2. The predicted octanol–water partition coefficient (Wildman–Crippen LogP) is 0.231. The first-order valence-corrected chi connectivity index (χ1v) is 9.30. The Labute approximate surface area is 139 Å². The number of benzene rings is 1. The molecule has 0 fully saturated rings. The lowest BCUT2D eigenvalue weighted by Gasteiger charge is -2.15. The SMILES string of the molecule is COc1cc2nc3n(c(=O)c2cc1OC)CCN(S(C)(=O)=O)CC3. The summed E-state index contributed by atoms with van der Waals surface area (Å²) in [6.45, 7) is 0.842. The number of nitrogens with zero attached hydrogens (tertiary/aromatic N) is 3. The van der Waals surface area contributed by atoms with Crippen molar-refractivity contribution in [1.82, 2.24) is 13.9 Å². The van der Waals surface area contributed by atoms with Gasteiger partial charge in [-0.05, 0) is 6.07 Å². The average Bonchev–Trinajstić information content (AvgIpc) is 2.76. The Bertz CT molecular complexity index is 952. The lowest BCUT2D eigenvalue weighted by atomic mass is 10.2. The van der Waals surface area contributed by atoms with Crippen LogP contribution in [0.2, 0.25) is 0 Å². The third-order valence-corrected chi connectivity index (χ3v) is 5.47. The third kappa shape index (κ3) is 2.84. The first kappa shape index (κ1) is 16.7. The Morgan fingerprint density at radius 1 is 1.08 bits per heavy atom. The summed E-state index contributed by atoms with van der Waals surface area (Å²) in [6.07, 6.45) is 1.55. The van der Waals surface area contributed by atoms with Gasteiger partial charge in [-0.2, -0.15) is 4.31 Å². The van der Waals surface area contributed by atoms with E-state index < -0.39 is 10.0 Å². The fourth-order valence-corrected chi connectivity index (χ4v) is 3.73. The van der Waals surface area contributed by atoms with Crippen molar-refractivity contribution < 1.29 is 17.9 Å². The molecule has 1 aromatic carbocycles. The van der Waals surface area contributed by atoms with Crippen LogP contribution in [0.15, 0.2) is 16.9 Å². The molecule has 0 N–H and O–H groups in total. The van der Waals surface area contributed by atoms with Crippen LogP contribution in [0.5, 0.6) is 11.5 Å². The monoisotopic (exact) mass is 353 g/mol. The number of methoxy groups -OCH3 is 2. The molecule has 1 aromatic heterocycles. The van der Waals surface area contributed by atoms with Crippen molar-refractivity contribution in [3.8, 4) is 11.5 Å². The number of ether oxygens (including phenoxy) is 2. The second-order valence-corrected chi connectivity index (χ2v) is 7.60. The highest BCUT2D eigenvalue weighted by Crippen LogP contribution is 2.30. The third-order valence-electron chi connectivity index (χ3n) is 4.17. The molecule has 0 saturated carbocycles. The van der Waals surface area contributed by atoms with Crippen molar-refractivity contribution in [3.05, 3.63) is 28.3 Å². The molecule has 9 heteroatoms. The summed E-state index contributed by atoms with van der Waals surface area (Å²) >= 11 is 0. The first-order valence-electron chi connectivity index (χ1n) is 7.45. The zero-order chi connectivity index (χ0) is 17.5. The number of fused-ring (bicyclic) bond motifs is 2. The van der Waals surface area contributed by atoms with Gasteiger partial charge in [0.25, 0.3) is 5.56 Å². The molecule has 3 rings (SSSR count). The molecule has 1 aliphatic heterocycles. The molecule has 0 saturated heterocycles. The minimum atomic E-state index is -3.30. The van der Waals surface area contributed by atoms with Gasteiger partial charge < -0.3 is 9.47 Å². The molecular formula is C15H19N3O5S. The standard InChI is InChI=1S/C15H19N3O5S/c1-22-12-8-10-11(9-13(12)23-2)16-14-4-5-17(24(3,20)21)6-7-18(14)15(10)19/h8-9H,4-7H2,1-3H3. The summed E-state index contributed by atoms with van der Waals surface area (Å²) in [4.78, 5) is 17.4. The molecule has 2 aromatic rings. The summed E-state index contributed by atoms with van der Waals surface area (Å²) in [6, 6.07) is 3.27. The zero-order valence-corrected chi connectivity index (χ0v) is 14.6. The Morgan fingerprint density at radius 3 is 2.38 bits per heavy atom. The molecule has 0 aliphatic carbocycles. The Balaban J connectivity index is 2.15. The molecule has 0 unspecified atom stereocenters. The molecule has 0 atom stereocenters. The molecule has 1 aliphatic rings. The Hall–Kier alpha value is -2.13. The van der Waals surface area contributed by atoms with Gasteiger partial charge in [-0.1, -0.05) is 0 Å². The van der Waals surface area contributed by atoms with Crippen molar-refractivity contribution in [1.29, 1.82) is 0 Å². The van der Waals surface area contributed by atoms with Crippen molar-refractivity contribution in [3.63, 3.8) is 0 Å². The van der Waals surface area contributed by atoms with E-state index in [1.807, 2.05) is 0 Å². The maximum Gasteiger partial charge on any atom is 0.261 e. The summed E-state index contributed by atoms with van der Waals surface area (Å²) in [5.41, 5.74) is 0.308. The van der Waals surface area contributed by atoms with Crippen LogP contribution in [0.25, 0.3) is 10.9 Å². The van der Waals surface area contributed by atoms with Crippen molar-refractivity contribution >= 4 is 20.9 Å². The first-order chi connectivity index (χ1) is 11.3. The predicted molar refractivity (Wildman–Crippen MR) is 89.2 cm³/mol. The molecule has 0 radical (unpaired) electrons. The lowest BCUT2D eigenvalue weighted by molar-refractivity contribution is 0.355. The van der Waals surface area contributed by atoms with Crippen LogP contribution in [-0.4, -0.2) is 55.8 Å². The van der Waals surface area contributed by atoms with Crippen LogP contribution in [0.3, 0.4) is 0 Å². The van der Waals surface area contributed by atoms with Gasteiger partial charge >= 0.3 is 0 Å². The summed E-state index contributed by atoms with van der Waals surface area (Å²) in [5, 5.41) is 0.421. The summed E-state index contributed by atoms with van der Waals surface area (Å²) in [7, 11) is -0.278. The van der Waals surface area contributed by atoms with Gasteiger partial charge in [0.1, 0.15) is 5.82 Å². The van der Waals surface area contributed by atoms with E-state index in [1.165, 1.54) is 24.8 Å². The van der Waals surface area contributed by atoms with Crippen LogP contribution < -0.4 is 15.0 Å². The number of rotatable bonds is 3. The fourth-order valence-electron chi connectivity index (χ4n) is 2.90. The van der Waals surface area contributed by atoms with Gasteiger partial charge in [-0.25, -0.2) is 13.4 Å². The van der Waals surface area contributed by atoms with Gasteiger partial charge in [-0.3, -0.25) is 9.36 Å². The second kappa shape index (κ2) is 6.06. The summed E-state index contributed by atoms with van der Waals surface area (Å²) < 4.78 is 36.9. The van der Waals surface area contributed by atoms with Crippen molar-refractivity contribution in [2.24, 2.45) is 0 Å². The van der Waals surface area contributed by atoms with Crippen LogP contribution in [0.1, 0.15) is 5.82 Å². The molecule has 2 heterocycles. The number of hydrogen-bond donors (Lipinski definition) is 0. The highest BCUT2D eigenvalue weighted by atomic mass is 32.2. The highest BCUT2D eigenvalue weighted by molar-refractivity contribution is 7.88. The molecule has 0 spiro atoms. The van der Waals surface area contributed by atoms with Crippen LogP contribution >= 0.6 is 0 Å². The normalized spacial score (nSPS) is 15.8. The van der Waals surface area contributed by atoms with E-state index in [2.05, 4.69) is 4.98 Å². The minimum Gasteiger partial charge on any atom is -0.493 e. The Morgan fingerprint density at radius 2 is 1.75 bits per heavy atom. The minimum absolute atomic E-state index is 0.202. The van der Waals surface area contributed by atoms with Crippen LogP contribution in [-0.2, 0) is 23.0 Å². The van der Waals surface area contributed by atoms with Gasteiger partial charge in [0.15, 0.2) is 11.5 Å². The van der Waals surface area contributed by atoms with E-state index >= 15 is 0 Å². The second-order valence-electron chi connectivity index (χ2n) is 5.62. The molecule has 24 heavy (non-hydrogen) atoms. The maximum atomic E-state index is 12.8. The van der Waals surface area contributed by atoms with Gasteiger partial charge in [0, 0.05) is 32.1 Å². The van der Waals surface area contributed by atoms with E-state index in [0.29, 0.717) is 41.2 Å². The van der Waals surface area contributed by atoms with E-state index in [1.54, 1.807) is 16.7 Å². The molecule has 0 amide bonds. The topological polar surface area (TPSA) is 90.7 Å². The van der Waals surface area contributed by atoms with E-state index in [-0.39, 0.29) is 18.6 Å². The van der Waals surface area contributed by atoms with Crippen molar-refractivity contribution in [2.45, 2.75) is 13.0 Å². The van der Waals surface area contributed by atoms with E-state index in [9.17, 15) is 13.2 Å². The molecular weight excluding hydrogens is 334 g/mol. The summed E-state index contributed by atoms with van der Waals surface area (Å²) in [5.74, 6) is 1.52. The average molecular weight is 353 g/mol. The molecule has 8 nitrogen and oxygen atoms in total. The number of sulfonamides is 1. The van der Waals surface area contributed by atoms with E-state index in [0.717, 1.165) is 0 Å². The fraction of sp³-hybridized carbons (Fsp3) is 0.467. The Kier molecular flexibility index (Phi) is 4.22. The van der Waals surface area contributed by atoms with Gasteiger partial charge in [-0.15, -0.1) is 0 Å². The van der Waals surface area contributed by atoms with Crippen LogP contribution in [0.4, 0.5) is 0 Å². The quantitative estimate of drug-likeness (QED) is 0.785. The number of hydrogen-bond acceptors (Lipinski definition) is 6.